The molecule has 6 N–H and O–H groups in total. The maximum absolute atomic E-state index is 0. The summed E-state index contributed by atoms with van der Waals surface area (Å²) >= 11 is 0. The monoisotopic (exact) mass is 176 g/mol. The summed E-state index contributed by atoms with van der Waals surface area (Å²) in [5, 5.41) is 0. The molecule has 8 heavy (non-hydrogen) atoms. The van der Waals surface area contributed by atoms with Gasteiger partial charge in [0, 0.05) is 18.6 Å². The smallest absolute Gasteiger partial charge is 1.00 e. The summed E-state index contributed by atoms with van der Waals surface area (Å²) in [6, 6.07) is 0. The predicted molar refractivity (Wildman–Crippen MR) is 12.9 cm³/mol. The predicted octanol–water partition coefficient (Wildman–Crippen LogP) is -5.83. The Morgan fingerprint density at radius 2 is 0.500 bits per heavy atom. The number of rotatable bonds is 0. The minimum absolute atomic E-state index is 0. The Hall–Kier alpha value is 1.34. The maximum atomic E-state index is 0. The molecule has 0 aliphatic heterocycles. The van der Waals surface area contributed by atoms with E-state index in [2.05, 4.69) is 0 Å². The van der Waals surface area contributed by atoms with Gasteiger partial charge >= 0.3 is 29.6 Å². The van der Waals surface area contributed by atoms with Gasteiger partial charge in [0.15, 0.2) is 0 Å². The van der Waals surface area contributed by atoms with E-state index in [-0.39, 0.29) is 81.0 Å². The van der Waals surface area contributed by atoms with Gasteiger partial charge in [-0.25, -0.2) is 0 Å². The Bertz CT molecular complexity index is 8.49. The molecule has 6 nitrogen and oxygen atoms in total. The Morgan fingerprint density at radius 1 is 0.500 bits per heavy atom. The molecule has 0 aromatic carbocycles. The molecule has 0 heterocycles. The zero-order chi connectivity index (χ0) is 0. The Balaban J connectivity index is 0. The van der Waals surface area contributed by atoms with Crippen LogP contribution in [0.15, 0.2) is 0 Å². The first kappa shape index (κ1) is 360. The van der Waals surface area contributed by atoms with Crippen LogP contribution in [0.5, 0.6) is 0 Å². The van der Waals surface area contributed by atoms with Crippen LogP contribution in [0.2, 0.25) is 0 Å². The van der Waals surface area contributed by atoms with Gasteiger partial charge in [0.2, 0.25) is 0 Å². The van der Waals surface area contributed by atoms with E-state index in [0.29, 0.717) is 0 Å². The van der Waals surface area contributed by atoms with Crippen LogP contribution in [0.4, 0.5) is 0 Å². The molecule has 0 aliphatic rings. The SMILES string of the molecule is O.O.O.[Na+].[O-2].[O-2].[O-2].[V]. The minimum Gasteiger partial charge on any atom is -2.00 e. The molecular weight excluding hydrogens is 170 g/mol. The quantitative estimate of drug-likeness (QED) is 0.319. The zero-order valence-electron chi connectivity index (χ0n) is 4.17. The van der Waals surface area contributed by atoms with Crippen LogP contribution in [0.1, 0.15) is 0 Å². The standard InChI is InChI=1S/Na.3H2O.3O.V/h;3*1H2;;;;/q+1;;;;3*-2;. The van der Waals surface area contributed by atoms with Gasteiger partial charge in [-0.1, -0.05) is 0 Å². The minimum atomic E-state index is 0. The second-order valence-electron chi connectivity index (χ2n) is 0. The molecule has 0 rings (SSSR count). The van der Waals surface area contributed by atoms with Crippen LogP contribution in [-0.4, -0.2) is 16.4 Å². The van der Waals surface area contributed by atoms with Crippen molar-refractivity contribution in [3.63, 3.8) is 0 Å². The van der Waals surface area contributed by atoms with Crippen molar-refractivity contribution in [1.29, 1.82) is 0 Å². The summed E-state index contributed by atoms with van der Waals surface area (Å²) in [4.78, 5) is 0. The molecule has 1 radical (unpaired) electrons. The van der Waals surface area contributed by atoms with Crippen molar-refractivity contribution in [2.45, 2.75) is 0 Å². The van der Waals surface area contributed by atoms with Gasteiger partial charge in [-0.3, -0.25) is 0 Å². The normalized spacial score (nSPS) is 0. The van der Waals surface area contributed by atoms with Crippen LogP contribution >= 0.6 is 0 Å². The Morgan fingerprint density at radius 3 is 0.500 bits per heavy atom. The molecule has 8 heteroatoms. The molecule has 0 atom stereocenters. The number of hydrogen-bond donors (Lipinski definition) is 0. The van der Waals surface area contributed by atoms with Crippen LogP contribution in [0, 0.1) is 0 Å². The van der Waals surface area contributed by atoms with Gasteiger partial charge in [0.05, 0.1) is 0 Å². The van der Waals surface area contributed by atoms with Crippen molar-refractivity contribution >= 4 is 0 Å². The van der Waals surface area contributed by atoms with E-state index in [0.717, 1.165) is 0 Å². The topological polar surface area (TPSA) is 180 Å². The summed E-state index contributed by atoms with van der Waals surface area (Å²) in [6.07, 6.45) is 0. The fourth-order valence-electron chi connectivity index (χ4n) is 0. The third-order valence-corrected chi connectivity index (χ3v) is 0. The van der Waals surface area contributed by atoms with E-state index in [4.69, 9.17) is 0 Å². The molecule has 53 valence electrons. The van der Waals surface area contributed by atoms with E-state index < -0.39 is 0 Å². The van der Waals surface area contributed by atoms with Crippen LogP contribution in [0.3, 0.4) is 0 Å². The summed E-state index contributed by atoms with van der Waals surface area (Å²) in [5.74, 6) is 0. The fourth-order valence-corrected chi connectivity index (χ4v) is 0. The van der Waals surface area contributed by atoms with Crippen molar-refractivity contribution in [3.05, 3.63) is 0 Å². The molecule has 0 aromatic heterocycles. The molecule has 0 amide bonds. The molecule has 0 bridgehead atoms. The zero-order valence-corrected chi connectivity index (χ0v) is 7.57. The largest absolute Gasteiger partial charge is 2.00 e. The summed E-state index contributed by atoms with van der Waals surface area (Å²) in [6.45, 7) is 0. The van der Waals surface area contributed by atoms with Crippen LogP contribution in [-0.2, 0) is 35.0 Å². The average molecular weight is 176 g/mol. The molecule has 0 spiro atoms. The van der Waals surface area contributed by atoms with E-state index in [1.165, 1.54) is 0 Å². The molecule has 0 unspecified atom stereocenters. The van der Waals surface area contributed by atoms with Crippen molar-refractivity contribution in [3.8, 4) is 0 Å². The van der Waals surface area contributed by atoms with Gasteiger partial charge in [0.1, 0.15) is 0 Å². The van der Waals surface area contributed by atoms with Crippen molar-refractivity contribution < 1.29 is 81.0 Å². The summed E-state index contributed by atoms with van der Waals surface area (Å²) in [7, 11) is 0. The van der Waals surface area contributed by atoms with E-state index in [9.17, 15) is 0 Å². The fraction of sp³-hybridized carbons (Fsp3) is 0. The third-order valence-electron chi connectivity index (χ3n) is 0. The van der Waals surface area contributed by atoms with E-state index in [1.54, 1.807) is 0 Å². The molecule has 0 saturated carbocycles. The first-order chi connectivity index (χ1) is 0. The van der Waals surface area contributed by atoms with Gasteiger partial charge in [-0.2, -0.15) is 0 Å². The molecule has 0 aromatic rings. The van der Waals surface area contributed by atoms with Crippen LogP contribution in [0.25, 0.3) is 0 Å². The second-order valence-corrected chi connectivity index (χ2v) is 0. The van der Waals surface area contributed by atoms with Crippen molar-refractivity contribution in [2.24, 2.45) is 0 Å². The maximum Gasteiger partial charge on any atom is 1.00 e. The van der Waals surface area contributed by atoms with Gasteiger partial charge in [-0.05, 0) is 0 Å². The van der Waals surface area contributed by atoms with Gasteiger partial charge in [0.25, 0.3) is 0 Å². The summed E-state index contributed by atoms with van der Waals surface area (Å²) in [5.41, 5.74) is 0. The molecule has 0 fully saturated rings. The second kappa shape index (κ2) is 249. The average Bonchev–Trinajstić information content (AvgIpc) is 0. The first-order valence-corrected chi connectivity index (χ1v) is 0. The van der Waals surface area contributed by atoms with Crippen molar-refractivity contribution in [1.82, 2.24) is 0 Å². The summed E-state index contributed by atoms with van der Waals surface area (Å²) < 4.78 is 0. The van der Waals surface area contributed by atoms with Gasteiger partial charge < -0.3 is 32.9 Å². The molecule has 0 aliphatic carbocycles. The number of hydrogen-bond acceptors (Lipinski definition) is 0. The van der Waals surface area contributed by atoms with Gasteiger partial charge in [-0.15, -0.1) is 0 Å². The Kier molecular flexibility index (Phi) is 11200. The third kappa shape index (κ3) is 164. The molecular formula is H6NaO6V-5. The molecule has 0 saturated heterocycles. The van der Waals surface area contributed by atoms with E-state index >= 15 is 0 Å². The van der Waals surface area contributed by atoms with Crippen molar-refractivity contribution in [2.75, 3.05) is 0 Å². The Labute approximate surface area is 80.7 Å². The van der Waals surface area contributed by atoms with Crippen LogP contribution < -0.4 is 29.6 Å². The van der Waals surface area contributed by atoms with E-state index in [1.807, 2.05) is 0 Å². The first-order valence-electron chi connectivity index (χ1n) is 0.